The molecule has 0 bridgehead atoms. The van der Waals surface area contributed by atoms with Crippen molar-refractivity contribution in [3.05, 3.63) is 12.4 Å². The molecule has 3 N–H and O–H groups in total. The van der Waals surface area contributed by atoms with E-state index < -0.39 is 5.41 Å². The van der Waals surface area contributed by atoms with Gasteiger partial charge in [-0.3, -0.25) is 9.48 Å². The van der Waals surface area contributed by atoms with Gasteiger partial charge in [-0.2, -0.15) is 5.10 Å². The summed E-state index contributed by atoms with van der Waals surface area (Å²) in [5.74, 6) is -0.0312. The van der Waals surface area contributed by atoms with Gasteiger partial charge in [-0.25, -0.2) is 0 Å². The first-order valence-corrected chi connectivity index (χ1v) is 5.74. The number of hydrogen-bond acceptors (Lipinski definition) is 4. The lowest BCUT2D eigenvalue weighted by atomic mass is 9.79. The first-order valence-electron chi connectivity index (χ1n) is 5.74. The Morgan fingerprint density at radius 2 is 2.35 bits per heavy atom. The Balaban J connectivity index is 2.07. The minimum atomic E-state index is -0.492. The zero-order valence-corrected chi connectivity index (χ0v) is 9.98. The lowest BCUT2D eigenvalue weighted by Crippen LogP contribution is -2.46. The second-order valence-corrected chi connectivity index (χ2v) is 4.45. The van der Waals surface area contributed by atoms with Crippen LogP contribution in [0.2, 0.25) is 0 Å². The normalized spacial score (nSPS) is 18.9. The minimum Gasteiger partial charge on any atom is -0.381 e. The van der Waals surface area contributed by atoms with Gasteiger partial charge in [0.25, 0.3) is 0 Å². The van der Waals surface area contributed by atoms with Gasteiger partial charge in [0.05, 0.1) is 17.3 Å². The number of nitrogens with zero attached hydrogens (tertiary/aromatic N) is 2. The topological polar surface area (TPSA) is 82.2 Å². The van der Waals surface area contributed by atoms with Crippen LogP contribution in [0.25, 0.3) is 0 Å². The second-order valence-electron chi connectivity index (χ2n) is 4.45. The Bertz CT molecular complexity index is 396. The van der Waals surface area contributed by atoms with E-state index in [1.165, 1.54) is 0 Å². The van der Waals surface area contributed by atoms with Gasteiger partial charge in [0, 0.05) is 33.0 Å². The van der Waals surface area contributed by atoms with Crippen molar-refractivity contribution >= 4 is 11.6 Å². The van der Waals surface area contributed by atoms with Crippen LogP contribution < -0.4 is 11.1 Å². The molecule has 0 atom stereocenters. The minimum absolute atomic E-state index is 0.0312. The molecule has 1 aromatic heterocycles. The number of hydrogen-bond donors (Lipinski definition) is 2. The third-order valence-corrected chi connectivity index (χ3v) is 3.29. The molecule has 1 amide bonds. The van der Waals surface area contributed by atoms with Crippen LogP contribution in [-0.2, 0) is 16.6 Å². The van der Waals surface area contributed by atoms with Crippen LogP contribution in [-0.4, -0.2) is 35.4 Å². The highest BCUT2D eigenvalue weighted by Gasteiger charge is 2.38. The van der Waals surface area contributed by atoms with Gasteiger partial charge in [0.15, 0.2) is 0 Å². The number of amides is 1. The van der Waals surface area contributed by atoms with Crippen molar-refractivity contribution in [1.29, 1.82) is 0 Å². The van der Waals surface area contributed by atoms with E-state index in [0.29, 0.717) is 38.3 Å². The predicted octanol–water partition coefficient (Wildman–Crippen LogP) is 0.114. The van der Waals surface area contributed by atoms with E-state index >= 15 is 0 Å². The van der Waals surface area contributed by atoms with Crippen molar-refractivity contribution < 1.29 is 9.53 Å². The van der Waals surface area contributed by atoms with E-state index in [1.807, 2.05) is 7.05 Å². The quantitative estimate of drug-likeness (QED) is 0.783. The summed E-state index contributed by atoms with van der Waals surface area (Å²) in [6.45, 7) is 1.54. The van der Waals surface area contributed by atoms with E-state index in [4.69, 9.17) is 10.5 Å². The third kappa shape index (κ3) is 2.48. The number of rotatable bonds is 3. The fourth-order valence-corrected chi connectivity index (χ4v) is 2.04. The maximum absolute atomic E-state index is 12.2. The van der Waals surface area contributed by atoms with Crippen LogP contribution in [0.3, 0.4) is 0 Å². The van der Waals surface area contributed by atoms with Gasteiger partial charge in [-0.15, -0.1) is 0 Å². The fourth-order valence-electron chi connectivity index (χ4n) is 2.04. The van der Waals surface area contributed by atoms with E-state index in [0.717, 1.165) is 0 Å². The van der Waals surface area contributed by atoms with Gasteiger partial charge in [-0.1, -0.05) is 0 Å². The standard InChI is InChI=1S/C11H18N4O2/c1-15-7-9(6-13-15)14-10(16)11(8-12)2-4-17-5-3-11/h6-7H,2-5,8,12H2,1H3,(H,14,16). The van der Waals surface area contributed by atoms with Gasteiger partial charge < -0.3 is 15.8 Å². The Hall–Kier alpha value is -1.40. The molecule has 1 aromatic rings. The first kappa shape index (κ1) is 12.1. The van der Waals surface area contributed by atoms with Crippen LogP contribution >= 0.6 is 0 Å². The number of carbonyl (C=O) groups excluding carboxylic acids is 1. The fraction of sp³-hybridized carbons (Fsp3) is 0.636. The zero-order valence-electron chi connectivity index (χ0n) is 9.98. The average Bonchev–Trinajstić information content (AvgIpc) is 2.75. The van der Waals surface area contributed by atoms with Crippen molar-refractivity contribution in [2.45, 2.75) is 12.8 Å². The van der Waals surface area contributed by atoms with Crippen molar-refractivity contribution in [2.24, 2.45) is 18.2 Å². The van der Waals surface area contributed by atoms with Crippen LogP contribution in [0.1, 0.15) is 12.8 Å². The molecule has 0 aromatic carbocycles. The summed E-state index contributed by atoms with van der Waals surface area (Å²) in [6.07, 6.45) is 4.74. The molecule has 1 aliphatic rings. The molecule has 0 aliphatic carbocycles. The second kappa shape index (κ2) is 4.85. The van der Waals surface area contributed by atoms with E-state index in [1.54, 1.807) is 17.1 Å². The largest absolute Gasteiger partial charge is 0.381 e. The number of ether oxygens (including phenoxy) is 1. The molecule has 1 saturated heterocycles. The molecule has 0 unspecified atom stereocenters. The summed E-state index contributed by atoms with van der Waals surface area (Å²) < 4.78 is 6.93. The summed E-state index contributed by atoms with van der Waals surface area (Å²) in [6, 6.07) is 0. The number of aromatic nitrogens is 2. The monoisotopic (exact) mass is 238 g/mol. The van der Waals surface area contributed by atoms with Crippen LogP contribution in [0.5, 0.6) is 0 Å². The molecule has 2 heterocycles. The van der Waals surface area contributed by atoms with Crippen LogP contribution in [0.15, 0.2) is 12.4 Å². The summed E-state index contributed by atoms with van der Waals surface area (Å²) in [7, 11) is 1.81. The maximum atomic E-state index is 12.2. The summed E-state index contributed by atoms with van der Waals surface area (Å²) in [4.78, 5) is 12.2. The van der Waals surface area contributed by atoms with Gasteiger partial charge in [0.1, 0.15) is 0 Å². The average molecular weight is 238 g/mol. The van der Waals surface area contributed by atoms with Crippen molar-refractivity contribution in [3.63, 3.8) is 0 Å². The van der Waals surface area contributed by atoms with Gasteiger partial charge in [0.2, 0.25) is 5.91 Å². The lowest BCUT2D eigenvalue weighted by Gasteiger charge is -2.34. The van der Waals surface area contributed by atoms with E-state index in [2.05, 4.69) is 10.4 Å². The summed E-state index contributed by atoms with van der Waals surface area (Å²) in [5.41, 5.74) is 5.97. The molecule has 94 valence electrons. The molecular formula is C11H18N4O2. The molecule has 0 spiro atoms. The molecule has 6 nitrogen and oxygen atoms in total. The lowest BCUT2D eigenvalue weighted by molar-refractivity contribution is -0.130. The van der Waals surface area contributed by atoms with Gasteiger partial charge >= 0.3 is 0 Å². The first-order chi connectivity index (χ1) is 8.16. The Labute approximate surface area is 100 Å². The van der Waals surface area contributed by atoms with E-state index in [-0.39, 0.29) is 5.91 Å². The summed E-state index contributed by atoms with van der Waals surface area (Å²) >= 11 is 0. The SMILES string of the molecule is Cn1cc(NC(=O)C2(CN)CCOCC2)cn1. The number of anilines is 1. The molecule has 2 rings (SSSR count). The molecule has 6 heteroatoms. The van der Waals surface area contributed by atoms with Crippen molar-refractivity contribution in [1.82, 2.24) is 9.78 Å². The highest BCUT2D eigenvalue weighted by Crippen LogP contribution is 2.30. The molecule has 0 saturated carbocycles. The van der Waals surface area contributed by atoms with Gasteiger partial charge in [-0.05, 0) is 12.8 Å². The Morgan fingerprint density at radius 3 is 2.88 bits per heavy atom. The predicted molar refractivity (Wildman–Crippen MR) is 63.4 cm³/mol. The van der Waals surface area contributed by atoms with Crippen LogP contribution in [0.4, 0.5) is 5.69 Å². The van der Waals surface area contributed by atoms with Crippen LogP contribution in [0, 0.1) is 5.41 Å². The molecule has 0 radical (unpaired) electrons. The highest BCUT2D eigenvalue weighted by atomic mass is 16.5. The van der Waals surface area contributed by atoms with Crippen molar-refractivity contribution in [3.8, 4) is 0 Å². The molecule has 1 aliphatic heterocycles. The molecular weight excluding hydrogens is 220 g/mol. The number of nitrogens with two attached hydrogens (primary N) is 1. The highest BCUT2D eigenvalue weighted by molar-refractivity contribution is 5.95. The van der Waals surface area contributed by atoms with Crippen molar-refractivity contribution in [2.75, 3.05) is 25.1 Å². The number of aryl methyl sites for hydroxylation is 1. The third-order valence-electron chi connectivity index (χ3n) is 3.29. The number of nitrogens with one attached hydrogen (secondary N) is 1. The zero-order chi connectivity index (χ0) is 12.3. The van der Waals surface area contributed by atoms with E-state index in [9.17, 15) is 4.79 Å². The Kier molecular flexibility index (Phi) is 3.44. The Morgan fingerprint density at radius 1 is 1.65 bits per heavy atom. The molecule has 17 heavy (non-hydrogen) atoms. The molecule has 1 fully saturated rings. The smallest absolute Gasteiger partial charge is 0.232 e. The summed E-state index contributed by atoms with van der Waals surface area (Å²) in [5, 5.41) is 6.88. The number of carbonyl (C=O) groups is 1. The maximum Gasteiger partial charge on any atom is 0.232 e.